The van der Waals surface area contributed by atoms with Crippen molar-refractivity contribution in [3.8, 4) is 5.75 Å². The predicted octanol–water partition coefficient (Wildman–Crippen LogP) is -0.416. The maximum absolute atomic E-state index is 12.1. The van der Waals surface area contributed by atoms with E-state index in [1.165, 1.54) is 0 Å². The fourth-order valence-corrected chi connectivity index (χ4v) is 3.35. The molecule has 148 valence electrons. The van der Waals surface area contributed by atoms with Crippen molar-refractivity contribution in [2.24, 2.45) is 5.41 Å². The molecule has 0 atom stereocenters. The lowest BCUT2D eigenvalue weighted by Crippen LogP contribution is -2.66. The summed E-state index contributed by atoms with van der Waals surface area (Å²) in [5, 5.41) is 2.45. The summed E-state index contributed by atoms with van der Waals surface area (Å²) >= 11 is 0. The smallest absolute Gasteiger partial charge is 0.236 e. The number of quaternary nitrogens is 1. The Labute approximate surface area is 158 Å². The van der Waals surface area contributed by atoms with Crippen LogP contribution in [0.5, 0.6) is 5.75 Å². The number of amides is 2. The lowest BCUT2D eigenvalue weighted by Gasteiger charge is -2.51. The van der Waals surface area contributed by atoms with Crippen LogP contribution < -0.4 is 20.7 Å². The number of carbonyl (C=O) groups is 2. The van der Waals surface area contributed by atoms with Crippen molar-refractivity contribution in [2.45, 2.75) is 12.8 Å². The molecule has 2 aliphatic heterocycles. The van der Waals surface area contributed by atoms with Crippen LogP contribution in [0.1, 0.15) is 12.8 Å². The second-order valence-corrected chi connectivity index (χ2v) is 6.93. The molecule has 8 nitrogen and oxygen atoms in total. The van der Waals surface area contributed by atoms with Gasteiger partial charge in [-0.05, 0) is 30.7 Å². The minimum Gasteiger partial charge on any atom is -0.491 e. The zero-order valence-corrected chi connectivity index (χ0v) is 15.6. The molecule has 0 radical (unpaired) electrons. The molecule has 3 rings (SSSR count). The van der Waals surface area contributed by atoms with Crippen LogP contribution in [0.2, 0.25) is 0 Å². The van der Waals surface area contributed by atoms with Gasteiger partial charge < -0.3 is 24.8 Å². The maximum atomic E-state index is 12.1. The lowest BCUT2D eigenvalue weighted by atomic mass is 9.73. The highest BCUT2D eigenvalue weighted by Crippen LogP contribution is 2.40. The Kier molecular flexibility index (Phi) is 6.65. The van der Waals surface area contributed by atoms with Gasteiger partial charge in [-0.25, -0.2) is 0 Å². The van der Waals surface area contributed by atoms with E-state index in [2.05, 4.69) is 16.0 Å². The minimum absolute atomic E-state index is 0.133. The number of piperidine rings is 1. The molecule has 8 heteroatoms. The van der Waals surface area contributed by atoms with Crippen molar-refractivity contribution in [3.63, 3.8) is 0 Å². The zero-order chi connectivity index (χ0) is 19.1. The van der Waals surface area contributed by atoms with E-state index in [1.807, 2.05) is 24.3 Å². The SMILES string of the molecule is [NH3+]CCOCCOCCOc1ccc(N2CC3(CCC(=O)NC3=O)C2)cc1. The van der Waals surface area contributed by atoms with Crippen LogP contribution in [0.3, 0.4) is 0 Å². The number of benzene rings is 1. The van der Waals surface area contributed by atoms with Gasteiger partial charge in [0.05, 0.1) is 38.4 Å². The van der Waals surface area contributed by atoms with E-state index in [1.54, 1.807) is 0 Å². The summed E-state index contributed by atoms with van der Waals surface area (Å²) in [7, 11) is 0. The fraction of sp³-hybridized carbons (Fsp3) is 0.579. The molecule has 0 bridgehead atoms. The minimum atomic E-state index is -0.405. The van der Waals surface area contributed by atoms with Crippen LogP contribution in [-0.4, -0.2) is 64.5 Å². The Morgan fingerprint density at radius 1 is 1.00 bits per heavy atom. The summed E-state index contributed by atoms with van der Waals surface area (Å²) in [5.41, 5.74) is 4.35. The lowest BCUT2D eigenvalue weighted by molar-refractivity contribution is -0.374. The van der Waals surface area contributed by atoms with Gasteiger partial charge in [-0.2, -0.15) is 0 Å². The summed E-state index contributed by atoms with van der Waals surface area (Å²) in [6, 6.07) is 7.81. The molecule has 0 aromatic heterocycles. The molecule has 1 spiro atoms. The predicted molar refractivity (Wildman–Crippen MR) is 98.4 cm³/mol. The highest BCUT2D eigenvalue weighted by molar-refractivity contribution is 6.02. The van der Waals surface area contributed by atoms with Crippen molar-refractivity contribution in [3.05, 3.63) is 24.3 Å². The molecular weight excluding hydrogens is 350 g/mol. The summed E-state index contributed by atoms with van der Waals surface area (Å²) in [6.45, 7) is 4.85. The molecule has 0 aliphatic carbocycles. The average Bonchev–Trinajstić information content (AvgIpc) is 2.63. The van der Waals surface area contributed by atoms with Crippen LogP contribution in [-0.2, 0) is 19.1 Å². The van der Waals surface area contributed by atoms with Crippen molar-refractivity contribution in [1.82, 2.24) is 5.32 Å². The molecule has 1 aromatic carbocycles. The number of ether oxygens (including phenoxy) is 3. The fourth-order valence-electron chi connectivity index (χ4n) is 3.35. The van der Waals surface area contributed by atoms with Crippen molar-refractivity contribution in [1.29, 1.82) is 0 Å². The maximum Gasteiger partial charge on any atom is 0.236 e. The van der Waals surface area contributed by atoms with E-state index in [-0.39, 0.29) is 11.8 Å². The normalized spacial score (nSPS) is 18.3. The molecule has 4 N–H and O–H groups in total. The summed E-state index contributed by atoms with van der Waals surface area (Å²) < 4.78 is 16.4. The Morgan fingerprint density at radius 2 is 1.67 bits per heavy atom. The van der Waals surface area contributed by atoms with E-state index >= 15 is 0 Å². The van der Waals surface area contributed by atoms with Crippen LogP contribution in [0, 0.1) is 5.41 Å². The molecular formula is C19H28N3O5+. The Bertz CT molecular complexity index is 643. The second-order valence-electron chi connectivity index (χ2n) is 6.93. The number of carbonyl (C=O) groups excluding carboxylic acids is 2. The van der Waals surface area contributed by atoms with Gasteiger partial charge in [-0.3, -0.25) is 14.9 Å². The molecule has 2 amide bonds. The van der Waals surface area contributed by atoms with E-state index in [9.17, 15) is 9.59 Å². The van der Waals surface area contributed by atoms with Gasteiger partial charge in [-0.15, -0.1) is 0 Å². The first-order chi connectivity index (χ1) is 13.1. The third-order valence-electron chi connectivity index (χ3n) is 4.91. The highest BCUT2D eigenvalue weighted by Gasteiger charge is 2.51. The molecule has 2 fully saturated rings. The van der Waals surface area contributed by atoms with Gasteiger partial charge >= 0.3 is 0 Å². The molecule has 2 heterocycles. The first-order valence-corrected chi connectivity index (χ1v) is 9.40. The molecule has 1 aromatic rings. The van der Waals surface area contributed by atoms with Crippen LogP contribution >= 0.6 is 0 Å². The molecule has 0 unspecified atom stereocenters. The van der Waals surface area contributed by atoms with Crippen LogP contribution in [0.15, 0.2) is 24.3 Å². The van der Waals surface area contributed by atoms with E-state index in [0.29, 0.717) is 59.0 Å². The van der Waals surface area contributed by atoms with Crippen molar-refractivity contribution >= 4 is 17.5 Å². The van der Waals surface area contributed by atoms with Crippen molar-refractivity contribution in [2.75, 3.05) is 57.6 Å². The van der Waals surface area contributed by atoms with Crippen molar-refractivity contribution < 1.29 is 29.5 Å². The van der Waals surface area contributed by atoms with Gasteiger partial charge in [0, 0.05) is 25.2 Å². The third kappa shape index (κ3) is 4.97. The Morgan fingerprint density at radius 3 is 2.33 bits per heavy atom. The Hall–Kier alpha value is -2.16. The monoisotopic (exact) mass is 378 g/mol. The summed E-state index contributed by atoms with van der Waals surface area (Å²) in [6.07, 6.45) is 1.06. The quantitative estimate of drug-likeness (QED) is 0.423. The number of anilines is 1. The number of imide groups is 1. The number of rotatable bonds is 10. The molecule has 0 saturated carbocycles. The third-order valence-corrected chi connectivity index (χ3v) is 4.91. The van der Waals surface area contributed by atoms with Gasteiger partial charge in [0.1, 0.15) is 12.4 Å². The van der Waals surface area contributed by atoms with Gasteiger partial charge in [0.25, 0.3) is 0 Å². The number of nitrogens with zero attached hydrogens (tertiary/aromatic N) is 1. The number of hydrogen-bond donors (Lipinski definition) is 2. The number of hydrogen-bond acceptors (Lipinski definition) is 6. The van der Waals surface area contributed by atoms with Crippen LogP contribution in [0.4, 0.5) is 5.69 Å². The molecule has 27 heavy (non-hydrogen) atoms. The van der Waals surface area contributed by atoms with Gasteiger partial charge in [-0.1, -0.05) is 0 Å². The zero-order valence-electron chi connectivity index (χ0n) is 15.6. The first-order valence-electron chi connectivity index (χ1n) is 9.40. The van der Waals surface area contributed by atoms with Gasteiger partial charge in [0.15, 0.2) is 0 Å². The summed E-state index contributed by atoms with van der Waals surface area (Å²) in [4.78, 5) is 25.5. The highest BCUT2D eigenvalue weighted by atomic mass is 16.5. The average molecular weight is 378 g/mol. The van der Waals surface area contributed by atoms with Gasteiger partial charge in [0.2, 0.25) is 11.8 Å². The summed E-state index contributed by atoms with van der Waals surface area (Å²) in [5.74, 6) is 0.485. The topological polar surface area (TPSA) is 105 Å². The van der Waals surface area contributed by atoms with E-state index in [0.717, 1.165) is 18.0 Å². The standard InChI is InChI=1S/C19H27N3O5/c20-7-8-25-9-10-26-11-12-27-16-3-1-15(2-4-16)22-13-19(14-22)6-5-17(23)21-18(19)24/h1-4H,5-14,20H2,(H,21,23,24)/p+1. The second kappa shape index (κ2) is 9.16. The number of nitrogens with one attached hydrogen (secondary N) is 1. The Balaban J connectivity index is 1.35. The van der Waals surface area contributed by atoms with Crippen LogP contribution in [0.25, 0.3) is 0 Å². The first kappa shape index (κ1) is 19.6. The van der Waals surface area contributed by atoms with E-state index in [4.69, 9.17) is 14.2 Å². The molecule has 2 aliphatic rings. The molecule has 2 saturated heterocycles. The van der Waals surface area contributed by atoms with E-state index < -0.39 is 5.41 Å². The largest absolute Gasteiger partial charge is 0.491 e.